The molecule has 2 heterocycles. The van der Waals surface area contributed by atoms with Crippen LogP contribution in [0.3, 0.4) is 0 Å². The lowest BCUT2D eigenvalue weighted by atomic mass is 9.97. The third-order valence-electron chi connectivity index (χ3n) is 7.23. The van der Waals surface area contributed by atoms with Gasteiger partial charge in [-0.05, 0) is 64.3 Å². The van der Waals surface area contributed by atoms with Crippen LogP contribution in [-0.2, 0) is 28.5 Å². The highest BCUT2D eigenvalue weighted by molar-refractivity contribution is 5.87. The van der Waals surface area contributed by atoms with Crippen LogP contribution in [0.5, 0.6) is 5.75 Å². The van der Waals surface area contributed by atoms with Gasteiger partial charge >= 0.3 is 5.97 Å². The summed E-state index contributed by atoms with van der Waals surface area (Å²) >= 11 is 0. The summed E-state index contributed by atoms with van der Waals surface area (Å²) in [5.74, 6) is -0.798. The molecule has 0 radical (unpaired) electrons. The highest BCUT2D eigenvalue weighted by Crippen LogP contribution is 2.31. The second-order valence-electron chi connectivity index (χ2n) is 11.0. The van der Waals surface area contributed by atoms with E-state index in [2.05, 4.69) is 6.08 Å². The molecule has 0 spiro atoms. The van der Waals surface area contributed by atoms with Crippen molar-refractivity contribution in [3.63, 3.8) is 0 Å². The Labute approximate surface area is 251 Å². The van der Waals surface area contributed by atoms with Gasteiger partial charge in [0.1, 0.15) is 42.4 Å². The number of aliphatic hydroxyl groups excluding tert-OH is 5. The van der Waals surface area contributed by atoms with Crippen molar-refractivity contribution in [3.8, 4) is 5.75 Å². The average Bonchev–Trinajstić information content (AvgIpc) is 2.97. The molecule has 0 saturated carbocycles. The highest BCUT2D eigenvalue weighted by Gasteiger charge is 2.52. The number of carbonyl (C=O) groups excluding carboxylic acids is 1. The normalized spacial score (nSPS) is 33.4. The van der Waals surface area contributed by atoms with E-state index in [1.807, 2.05) is 26.8 Å². The number of aliphatic hydroxyl groups is 5. The third kappa shape index (κ3) is 9.93. The molecule has 2 aliphatic rings. The molecular formula is C31H44O12. The maximum atomic E-state index is 12.8. The van der Waals surface area contributed by atoms with Gasteiger partial charge in [-0.15, -0.1) is 0 Å². The lowest BCUT2D eigenvalue weighted by Crippen LogP contribution is -2.65. The van der Waals surface area contributed by atoms with Gasteiger partial charge in [0, 0.05) is 6.08 Å². The van der Waals surface area contributed by atoms with Crippen molar-refractivity contribution in [1.82, 2.24) is 0 Å². The first-order chi connectivity index (χ1) is 20.4. The summed E-state index contributed by atoms with van der Waals surface area (Å²) < 4.78 is 28.5. The number of carbonyl (C=O) groups is 1. The average molecular weight is 609 g/mol. The predicted octanol–water partition coefficient (Wildman–Crippen LogP) is 1.32. The number of aromatic hydroxyl groups is 1. The maximum Gasteiger partial charge on any atom is 0.331 e. The molecule has 1 aromatic carbocycles. The van der Waals surface area contributed by atoms with Crippen LogP contribution < -0.4 is 0 Å². The summed E-state index contributed by atoms with van der Waals surface area (Å²) in [5.41, 5.74) is 2.87. The maximum absolute atomic E-state index is 12.8. The zero-order valence-corrected chi connectivity index (χ0v) is 24.9. The number of hydrogen-bond donors (Lipinski definition) is 6. The van der Waals surface area contributed by atoms with Gasteiger partial charge in [-0.3, -0.25) is 0 Å². The van der Waals surface area contributed by atoms with Crippen molar-refractivity contribution in [3.05, 3.63) is 59.2 Å². The van der Waals surface area contributed by atoms with Gasteiger partial charge in [0.2, 0.25) is 0 Å². The Morgan fingerprint density at radius 1 is 0.907 bits per heavy atom. The molecule has 240 valence electrons. The Morgan fingerprint density at radius 3 is 2.26 bits per heavy atom. The molecule has 43 heavy (non-hydrogen) atoms. The first-order valence-corrected chi connectivity index (χ1v) is 14.3. The summed E-state index contributed by atoms with van der Waals surface area (Å²) in [4.78, 5) is 12.8. The van der Waals surface area contributed by atoms with Gasteiger partial charge in [0.15, 0.2) is 18.7 Å². The van der Waals surface area contributed by atoms with Crippen molar-refractivity contribution in [1.29, 1.82) is 0 Å². The van der Waals surface area contributed by atoms with E-state index in [1.54, 1.807) is 12.1 Å². The molecule has 0 aromatic heterocycles. The molecule has 2 fully saturated rings. The fourth-order valence-corrected chi connectivity index (χ4v) is 4.66. The lowest BCUT2D eigenvalue weighted by Gasteiger charge is -2.46. The molecule has 2 saturated heterocycles. The Morgan fingerprint density at radius 2 is 1.60 bits per heavy atom. The molecule has 0 bridgehead atoms. The van der Waals surface area contributed by atoms with Gasteiger partial charge in [0.05, 0.1) is 19.3 Å². The second-order valence-corrected chi connectivity index (χ2v) is 11.0. The van der Waals surface area contributed by atoms with Crippen LogP contribution in [0.4, 0.5) is 0 Å². The minimum atomic E-state index is -1.70. The molecule has 3 rings (SSSR count). The van der Waals surface area contributed by atoms with Crippen molar-refractivity contribution in [2.24, 2.45) is 0 Å². The van der Waals surface area contributed by atoms with Crippen molar-refractivity contribution < 1.29 is 59.1 Å². The van der Waals surface area contributed by atoms with E-state index < -0.39 is 74.0 Å². The van der Waals surface area contributed by atoms with Crippen molar-refractivity contribution in [2.75, 3.05) is 13.2 Å². The van der Waals surface area contributed by atoms with E-state index in [9.17, 15) is 35.4 Å². The first-order valence-electron chi connectivity index (χ1n) is 14.3. The zero-order chi connectivity index (χ0) is 31.7. The fourth-order valence-electron chi connectivity index (χ4n) is 4.66. The second kappa shape index (κ2) is 16.4. The van der Waals surface area contributed by atoms with Crippen molar-refractivity contribution >= 4 is 12.0 Å². The Balaban J connectivity index is 1.78. The van der Waals surface area contributed by atoms with Gasteiger partial charge in [-0.25, -0.2) is 4.79 Å². The summed E-state index contributed by atoms with van der Waals surface area (Å²) in [6.45, 7) is 6.89. The van der Waals surface area contributed by atoms with E-state index in [0.29, 0.717) is 5.56 Å². The predicted molar refractivity (Wildman–Crippen MR) is 154 cm³/mol. The molecule has 10 atom stereocenters. The minimum absolute atomic E-state index is 0.0593. The molecule has 0 aliphatic carbocycles. The van der Waals surface area contributed by atoms with Crippen LogP contribution in [0.1, 0.15) is 46.1 Å². The van der Waals surface area contributed by atoms with Crippen LogP contribution in [-0.4, -0.2) is 111 Å². The Bertz CT molecular complexity index is 1110. The fraction of sp³-hybridized carbons (Fsp3) is 0.581. The number of ether oxygens (including phenoxy) is 5. The minimum Gasteiger partial charge on any atom is -0.508 e. The number of allylic oxidation sites excluding steroid dienone is 3. The molecule has 6 N–H and O–H groups in total. The van der Waals surface area contributed by atoms with Gasteiger partial charge in [0.25, 0.3) is 0 Å². The number of phenols is 1. The summed E-state index contributed by atoms with van der Waals surface area (Å²) in [6, 6.07) is 6.06. The monoisotopic (exact) mass is 608 g/mol. The Kier molecular flexibility index (Phi) is 13.3. The topological polar surface area (TPSA) is 185 Å². The van der Waals surface area contributed by atoms with E-state index in [0.717, 1.165) is 24.5 Å². The van der Waals surface area contributed by atoms with Crippen LogP contribution in [0.2, 0.25) is 0 Å². The van der Waals surface area contributed by atoms with Gasteiger partial charge in [-0.1, -0.05) is 35.4 Å². The number of phenolic OH excluding ortho intramolecular Hbond substituents is 1. The molecule has 12 heteroatoms. The standard InChI is InChI=1S/C31H44O12/c1-17(2)6-5-7-18(3)14-15-39-30-27(38)29(43-31-26(37)25(36)24(35)19(4)40-31)28(22(16-32)41-30)42-23(34)13-10-20-8-11-21(33)12-9-20/h6,8-14,19,22,24-33,35-38H,5,7,15-16H2,1-4H3/b13-10+,18-14+/t19-,22+,24-,25+,26+,27+,28+,29?,30+,31-/m0/s1. The van der Waals surface area contributed by atoms with E-state index in [1.165, 1.54) is 30.7 Å². The summed E-state index contributed by atoms with van der Waals surface area (Å²) in [6.07, 6.45) is -5.92. The zero-order valence-electron chi connectivity index (χ0n) is 24.9. The van der Waals surface area contributed by atoms with E-state index >= 15 is 0 Å². The Hall–Kier alpha value is -2.65. The van der Waals surface area contributed by atoms with Crippen molar-refractivity contribution in [2.45, 2.75) is 102 Å². The summed E-state index contributed by atoms with van der Waals surface area (Å²) in [5, 5.41) is 61.7. The SMILES string of the molecule is CC(C)=CCC/C(C)=C/CO[C@@H]1O[C@H](CO)[C@@H](OC(=O)/C=C/c2ccc(O)cc2)C(O[C@@H]2O[C@@H](C)[C@H](O)[C@@H](O)[C@H]2O)[C@H]1O. The van der Waals surface area contributed by atoms with E-state index in [-0.39, 0.29) is 12.4 Å². The largest absolute Gasteiger partial charge is 0.508 e. The van der Waals surface area contributed by atoms with Crippen LogP contribution in [0.25, 0.3) is 6.08 Å². The molecular weight excluding hydrogens is 564 g/mol. The summed E-state index contributed by atoms with van der Waals surface area (Å²) in [7, 11) is 0. The lowest BCUT2D eigenvalue weighted by molar-refractivity contribution is -0.356. The smallest absolute Gasteiger partial charge is 0.331 e. The third-order valence-corrected chi connectivity index (χ3v) is 7.23. The van der Waals surface area contributed by atoms with E-state index in [4.69, 9.17) is 23.7 Å². The van der Waals surface area contributed by atoms with Gasteiger partial charge in [-0.2, -0.15) is 0 Å². The highest BCUT2D eigenvalue weighted by atomic mass is 16.7. The number of hydrogen-bond acceptors (Lipinski definition) is 12. The van der Waals surface area contributed by atoms with Crippen LogP contribution in [0, 0.1) is 0 Å². The molecule has 2 aliphatic heterocycles. The molecule has 1 aromatic rings. The molecule has 1 unspecified atom stereocenters. The van der Waals surface area contributed by atoms with Crippen LogP contribution >= 0.6 is 0 Å². The number of benzene rings is 1. The van der Waals surface area contributed by atoms with Gasteiger partial charge < -0.3 is 54.3 Å². The first kappa shape index (κ1) is 34.8. The van der Waals surface area contributed by atoms with Crippen LogP contribution in [0.15, 0.2) is 53.6 Å². The quantitative estimate of drug-likeness (QED) is 0.114. The number of esters is 1. The number of rotatable bonds is 12. The molecule has 0 amide bonds. The molecule has 12 nitrogen and oxygen atoms in total.